The highest BCUT2D eigenvalue weighted by molar-refractivity contribution is 7.80. The smallest absolute Gasteiger partial charge is 0.124 e. The van der Waals surface area contributed by atoms with Crippen molar-refractivity contribution in [1.29, 1.82) is 0 Å². The number of rotatable bonds is 4. The Kier molecular flexibility index (Phi) is 4.88. The molecule has 1 aliphatic carbocycles. The third kappa shape index (κ3) is 4.25. The maximum absolute atomic E-state index is 13.4. The molecule has 1 aromatic rings. The molecule has 4 heteroatoms. The fourth-order valence-corrected chi connectivity index (χ4v) is 2.74. The van der Waals surface area contributed by atoms with Gasteiger partial charge in [-0.15, -0.1) is 0 Å². The van der Waals surface area contributed by atoms with Crippen LogP contribution in [0.2, 0.25) is 0 Å². The molecule has 104 valence electrons. The van der Waals surface area contributed by atoms with Crippen LogP contribution >= 0.6 is 12.2 Å². The predicted octanol–water partition coefficient (Wildman–Crippen LogP) is 3.56. The first-order valence-electron chi connectivity index (χ1n) is 6.75. The molecule has 0 amide bonds. The van der Waals surface area contributed by atoms with Crippen LogP contribution in [0.4, 0.5) is 4.39 Å². The molecule has 2 N–H and O–H groups in total. The van der Waals surface area contributed by atoms with Gasteiger partial charge in [0.05, 0.1) is 12.7 Å². The van der Waals surface area contributed by atoms with E-state index in [0.29, 0.717) is 18.3 Å². The lowest BCUT2D eigenvalue weighted by Crippen LogP contribution is -2.21. The minimum atomic E-state index is -0.319. The molecule has 0 heterocycles. The Morgan fingerprint density at radius 3 is 2.89 bits per heavy atom. The molecule has 2 unspecified atom stereocenters. The molecule has 0 bridgehead atoms. The lowest BCUT2D eigenvalue weighted by molar-refractivity contribution is 0.00457. The maximum atomic E-state index is 13.4. The second-order valence-corrected chi connectivity index (χ2v) is 5.86. The van der Waals surface area contributed by atoms with Gasteiger partial charge >= 0.3 is 0 Å². The molecule has 19 heavy (non-hydrogen) atoms. The highest BCUT2D eigenvalue weighted by Gasteiger charge is 2.19. The standard InChI is InChI=1S/C15H20FNOS/c1-10-3-2-4-14(5-10)18-9-11-6-12(15(17)19)8-13(16)7-11/h6-8,10,14H,2-5,9H2,1H3,(H2,17,19). The van der Waals surface area contributed by atoms with Gasteiger partial charge in [0, 0.05) is 5.56 Å². The molecule has 2 rings (SSSR count). The van der Waals surface area contributed by atoms with Crippen molar-refractivity contribution in [2.24, 2.45) is 11.7 Å². The molecule has 1 aromatic carbocycles. The Hall–Kier alpha value is -1.00. The second kappa shape index (κ2) is 6.44. The molecule has 1 saturated carbocycles. The number of hydrogen-bond acceptors (Lipinski definition) is 2. The zero-order valence-electron chi connectivity index (χ0n) is 11.2. The zero-order chi connectivity index (χ0) is 13.8. The number of thiocarbonyl (C=S) groups is 1. The average Bonchev–Trinajstić information content (AvgIpc) is 2.36. The lowest BCUT2D eigenvalue weighted by atomic mass is 9.89. The minimum Gasteiger partial charge on any atom is -0.389 e. The molecule has 1 aliphatic rings. The summed E-state index contributed by atoms with van der Waals surface area (Å²) in [4.78, 5) is 0.215. The van der Waals surface area contributed by atoms with E-state index < -0.39 is 0 Å². The second-order valence-electron chi connectivity index (χ2n) is 5.42. The third-order valence-corrected chi connectivity index (χ3v) is 3.85. The summed E-state index contributed by atoms with van der Waals surface area (Å²) in [6.07, 6.45) is 4.98. The fourth-order valence-electron chi connectivity index (χ4n) is 2.62. The van der Waals surface area contributed by atoms with Gasteiger partial charge in [0.1, 0.15) is 10.8 Å². The zero-order valence-corrected chi connectivity index (χ0v) is 12.0. The van der Waals surface area contributed by atoms with Crippen LogP contribution in [0.5, 0.6) is 0 Å². The van der Waals surface area contributed by atoms with E-state index >= 15 is 0 Å². The number of nitrogens with two attached hydrogens (primary N) is 1. The van der Waals surface area contributed by atoms with Crippen LogP contribution in [0.25, 0.3) is 0 Å². The van der Waals surface area contributed by atoms with Crippen LogP contribution in [0.3, 0.4) is 0 Å². The van der Waals surface area contributed by atoms with Crippen LogP contribution in [0.15, 0.2) is 18.2 Å². The average molecular weight is 281 g/mol. The predicted molar refractivity (Wildman–Crippen MR) is 78.5 cm³/mol. The topological polar surface area (TPSA) is 35.2 Å². The molecule has 0 saturated heterocycles. The van der Waals surface area contributed by atoms with E-state index in [1.807, 2.05) is 0 Å². The maximum Gasteiger partial charge on any atom is 0.124 e. The van der Waals surface area contributed by atoms with Gasteiger partial charge in [-0.25, -0.2) is 4.39 Å². The van der Waals surface area contributed by atoms with Gasteiger partial charge in [0.2, 0.25) is 0 Å². The first kappa shape index (κ1) is 14.4. The molecule has 2 nitrogen and oxygen atoms in total. The molecule has 1 fully saturated rings. The molecule has 2 atom stereocenters. The Bertz CT molecular complexity index is 463. The van der Waals surface area contributed by atoms with Gasteiger partial charge in [-0.05, 0) is 42.5 Å². The van der Waals surface area contributed by atoms with Crippen molar-refractivity contribution in [2.75, 3.05) is 0 Å². The fraction of sp³-hybridized carbons (Fsp3) is 0.533. The van der Waals surface area contributed by atoms with Crippen molar-refractivity contribution >= 4 is 17.2 Å². The van der Waals surface area contributed by atoms with E-state index in [0.717, 1.165) is 24.3 Å². The summed E-state index contributed by atoms with van der Waals surface area (Å²) in [6, 6.07) is 4.64. The lowest BCUT2D eigenvalue weighted by Gasteiger charge is -2.26. The minimum absolute atomic E-state index is 0.215. The van der Waals surface area contributed by atoms with Crippen molar-refractivity contribution < 1.29 is 9.13 Å². The van der Waals surface area contributed by atoms with E-state index in [-0.39, 0.29) is 10.8 Å². The van der Waals surface area contributed by atoms with Gasteiger partial charge in [0.15, 0.2) is 0 Å². The highest BCUT2D eigenvalue weighted by atomic mass is 32.1. The van der Waals surface area contributed by atoms with E-state index in [2.05, 4.69) is 6.92 Å². The number of hydrogen-bond donors (Lipinski definition) is 1. The first-order valence-corrected chi connectivity index (χ1v) is 7.16. The van der Waals surface area contributed by atoms with Crippen molar-refractivity contribution in [2.45, 2.75) is 45.3 Å². The quantitative estimate of drug-likeness (QED) is 0.857. The van der Waals surface area contributed by atoms with Crippen LogP contribution in [-0.4, -0.2) is 11.1 Å². The Morgan fingerprint density at radius 1 is 1.42 bits per heavy atom. The molecule has 0 aromatic heterocycles. The monoisotopic (exact) mass is 281 g/mol. The van der Waals surface area contributed by atoms with Crippen LogP contribution in [0.1, 0.15) is 43.7 Å². The Balaban J connectivity index is 1.97. The summed E-state index contributed by atoms with van der Waals surface area (Å²) in [7, 11) is 0. The number of ether oxygens (including phenoxy) is 1. The summed E-state index contributed by atoms with van der Waals surface area (Å²) in [5.41, 5.74) is 6.89. The van der Waals surface area contributed by atoms with Gasteiger partial charge in [0.25, 0.3) is 0 Å². The van der Waals surface area contributed by atoms with Crippen molar-refractivity contribution in [3.8, 4) is 0 Å². The molecule has 0 radical (unpaired) electrons. The SMILES string of the molecule is CC1CCCC(OCc2cc(F)cc(C(N)=S)c2)C1. The third-order valence-electron chi connectivity index (χ3n) is 3.62. The van der Waals surface area contributed by atoms with E-state index in [1.54, 1.807) is 6.07 Å². The Labute approximate surface area is 119 Å². The highest BCUT2D eigenvalue weighted by Crippen LogP contribution is 2.26. The molecule has 0 spiro atoms. The normalized spacial score (nSPS) is 23.3. The van der Waals surface area contributed by atoms with Crippen LogP contribution in [0, 0.1) is 11.7 Å². The summed E-state index contributed by atoms with van der Waals surface area (Å²) < 4.78 is 19.3. The number of halogens is 1. The Morgan fingerprint density at radius 2 is 2.21 bits per heavy atom. The van der Waals surface area contributed by atoms with Gasteiger partial charge in [-0.2, -0.15) is 0 Å². The largest absolute Gasteiger partial charge is 0.389 e. The summed E-state index contributed by atoms with van der Waals surface area (Å²) in [6.45, 7) is 2.67. The van der Waals surface area contributed by atoms with Crippen molar-refractivity contribution in [3.05, 3.63) is 35.1 Å². The van der Waals surface area contributed by atoms with E-state index in [4.69, 9.17) is 22.7 Å². The number of benzene rings is 1. The summed E-state index contributed by atoms with van der Waals surface area (Å²) in [5.74, 6) is 0.402. The summed E-state index contributed by atoms with van der Waals surface area (Å²) in [5, 5.41) is 0. The first-order chi connectivity index (χ1) is 9.04. The van der Waals surface area contributed by atoms with Gasteiger partial charge < -0.3 is 10.5 Å². The van der Waals surface area contributed by atoms with Crippen LogP contribution in [-0.2, 0) is 11.3 Å². The van der Waals surface area contributed by atoms with Crippen LogP contribution < -0.4 is 5.73 Å². The van der Waals surface area contributed by atoms with E-state index in [1.165, 1.54) is 25.0 Å². The van der Waals surface area contributed by atoms with E-state index in [9.17, 15) is 4.39 Å². The molecule has 0 aliphatic heterocycles. The van der Waals surface area contributed by atoms with Gasteiger partial charge in [-0.1, -0.05) is 32.0 Å². The summed E-state index contributed by atoms with van der Waals surface area (Å²) >= 11 is 4.88. The van der Waals surface area contributed by atoms with Crippen molar-refractivity contribution in [3.63, 3.8) is 0 Å². The molecular weight excluding hydrogens is 261 g/mol. The molecular formula is C15H20FNOS. The van der Waals surface area contributed by atoms with Gasteiger partial charge in [-0.3, -0.25) is 0 Å². The van der Waals surface area contributed by atoms with Crippen molar-refractivity contribution in [1.82, 2.24) is 0 Å².